The van der Waals surface area contributed by atoms with E-state index >= 15 is 0 Å². The summed E-state index contributed by atoms with van der Waals surface area (Å²) in [5, 5.41) is 9.05. The number of anilines is 1. The summed E-state index contributed by atoms with van der Waals surface area (Å²) in [6.45, 7) is 3.87. The molecule has 3 heteroatoms. The standard InChI is InChI=1S/C15H24N2O/c1-12-6-7-15(13(10-12)11-16)17(8-3-9-18)14-4-2-5-14/h6-7,10,14,18H,2-5,8-9,11,16H2,1H3. The van der Waals surface area contributed by atoms with E-state index in [9.17, 15) is 0 Å². The van der Waals surface area contributed by atoms with E-state index in [1.807, 2.05) is 0 Å². The van der Waals surface area contributed by atoms with Crippen molar-refractivity contribution < 1.29 is 5.11 Å². The first-order chi connectivity index (χ1) is 8.76. The molecule has 18 heavy (non-hydrogen) atoms. The molecule has 0 spiro atoms. The molecule has 0 bridgehead atoms. The highest BCUT2D eigenvalue weighted by molar-refractivity contribution is 5.56. The van der Waals surface area contributed by atoms with Gasteiger partial charge in [-0.25, -0.2) is 0 Å². The molecule has 0 aliphatic heterocycles. The number of aliphatic hydroxyl groups excluding tert-OH is 1. The van der Waals surface area contributed by atoms with Crippen LogP contribution in [0.2, 0.25) is 0 Å². The van der Waals surface area contributed by atoms with Crippen LogP contribution < -0.4 is 10.6 Å². The maximum atomic E-state index is 9.05. The molecule has 1 fully saturated rings. The van der Waals surface area contributed by atoms with E-state index in [0.29, 0.717) is 12.6 Å². The first-order valence-corrected chi connectivity index (χ1v) is 6.93. The Hall–Kier alpha value is -1.06. The molecule has 100 valence electrons. The average Bonchev–Trinajstić information content (AvgIpc) is 2.32. The molecule has 0 radical (unpaired) electrons. The van der Waals surface area contributed by atoms with Gasteiger partial charge in [-0.3, -0.25) is 0 Å². The van der Waals surface area contributed by atoms with Crippen molar-refractivity contribution in [1.29, 1.82) is 0 Å². The normalized spacial score (nSPS) is 15.5. The van der Waals surface area contributed by atoms with Crippen LogP contribution >= 0.6 is 0 Å². The second kappa shape index (κ2) is 6.21. The monoisotopic (exact) mass is 248 g/mol. The van der Waals surface area contributed by atoms with E-state index in [1.54, 1.807) is 0 Å². The Morgan fingerprint density at radius 2 is 2.17 bits per heavy atom. The Kier molecular flexibility index (Phi) is 4.61. The van der Waals surface area contributed by atoms with Crippen LogP contribution in [-0.2, 0) is 6.54 Å². The number of nitrogens with two attached hydrogens (primary N) is 1. The predicted octanol–water partition coefficient (Wildman–Crippen LogP) is 2.20. The molecule has 1 aliphatic rings. The quantitative estimate of drug-likeness (QED) is 0.811. The Bertz CT molecular complexity index is 388. The van der Waals surface area contributed by atoms with Crippen molar-refractivity contribution in [2.24, 2.45) is 5.73 Å². The Labute approximate surface area is 110 Å². The summed E-state index contributed by atoms with van der Waals surface area (Å²) in [4.78, 5) is 2.45. The van der Waals surface area contributed by atoms with Crippen molar-refractivity contribution >= 4 is 5.69 Å². The van der Waals surface area contributed by atoms with Crippen LogP contribution in [-0.4, -0.2) is 24.3 Å². The van der Waals surface area contributed by atoms with Gasteiger partial charge in [0.25, 0.3) is 0 Å². The minimum atomic E-state index is 0.257. The van der Waals surface area contributed by atoms with Gasteiger partial charge in [0.1, 0.15) is 0 Å². The Balaban J connectivity index is 2.22. The van der Waals surface area contributed by atoms with Gasteiger partial charge < -0.3 is 15.7 Å². The highest BCUT2D eigenvalue weighted by Crippen LogP contribution is 2.32. The summed E-state index contributed by atoms with van der Waals surface area (Å²) in [6, 6.07) is 7.16. The number of benzene rings is 1. The van der Waals surface area contributed by atoms with Gasteiger partial charge in [0.2, 0.25) is 0 Å². The lowest BCUT2D eigenvalue weighted by atomic mass is 9.90. The molecule has 0 aromatic heterocycles. The number of aliphatic hydroxyl groups is 1. The molecule has 0 saturated heterocycles. The minimum absolute atomic E-state index is 0.257. The lowest BCUT2D eigenvalue weighted by molar-refractivity contribution is 0.283. The van der Waals surface area contributed by atoms with Gasteiger partial charge in [-0.05, 0) is 44.2 Å². The number of aryl methyl sites for hydroxylation is 1. The molecule has 0 atom stereocenters. The van der Waals surface area contributed by atoms with Crippen molar-refractivity contribution in [2.45, 2.75) is 45.2 Å². The Morgan fingerprint density at radius 3 is 2.72 bits per heavy atom. The third-order valence-corrected chi connectivity index (χ3v) is 3.84. The highest BCUT2D eigenvalue weighted by atomic mass is 16.3. The molecule has 0 amide bonds. The zero-order valence-electron chi connectivity index (χ0n) is 11.2. The van der Waals surface area contributed by atoms with Crippen LogP contribution in [0.15, 0.2) is 18.2 Å². The van der Waals surface area contributed by atoms with Crippen molar-refractivity contribution in [2.75, 3.05) is 18.1 Å². The van der Waals surface area contributed by atoms with Crippen LogP contribution in [0.25, 0.3) is 0 Å². The van der Waals surface area contributed by atoms with Crippen LogP contribution in [0.1, 0.15) is 36.8 Å². The molecule has 1 aromatic carbocycles. The summed E-state index contributed by atoms with van der Waals surface area (Å²) in [7, 11) is 0. The second-order valence-corrected chi connectivity index (χ2v) is 5.19. The largest absolute Gasteiger partial charge is 0.396 e. The van der Waals surface area contributed by atoms with E-state index < -0.39 is 0 Å². The summed E-state index contributed by atoms with van der Waals surface area (Å²) in [6.07, 6.45) is 4.69. The van der Waals surface area contributed by atoms with Crippen LogP contribution in [0, 0.1) is 6.92 Å². The predicted molar refractivity (Wildman–Crippen MR) is 75.8 cm³/mol. The van der Waals surface area contributed by atoms with Gasteiger partial charge >= 0.3 is 0 Å². The third-order valence-electron chi connectivity index (χ3n) is 3.84. The molecule has 3 nitrogen and oxygen atoms in total. The number of hydrogen-bond donors (Lipinski definition) is 2. The molecule has 1 aromatic rings. The zero-order chi connectivity index (χ0) is 13.0. The SMILES string of the molecule is Cc1ccc(N(CCCO)C2CCC2)c(CN)c1. The topological polar surface area (TPSA) is 49.5 Å². The zero-order valence-corrected chi connectivity index (χ0v) is 11.2. The summed E-state index contributed by atoms with van der Waals surface area (Å²) >= 11 is 0. The number of nitrogens with zero attached hydrogens (tertiary/aromatic N) is 1. The van der Waals surface area contributed by atoms with Gasteiger partial charge in [-0.2, -0.15) is 0 Å². The molecule has 1 saturated carbocycles. The van der Waals surface area contributed by atoms with Crippen molar-refractivity contribution in [3.8, 4) is 0 Å². The van der Waals surface area contributed by atoms with Crippen molar-refractivity contribution in [1.82, 2.24) is 0 Å². The molecule has 0 heterocycles. The average molecular weight is 248 g/mol. The molecular weight excluding hydrogens is 224 g/mol. The maximum absolute atomic E-state index is 9.05. The second-order valence-electron chi connectivity index (χ2n) is 5.19. The number of rotatable bonds is 6. The molecule has 0 unspecified atom stereocenters. The minimum Gasteiger partial charge on any atom is -0.396 e. The fourth-order valence-corrected chi connectivity index (χ4v) is 2.60. The highest BCUT2D eigenvalue weighted by Gasteiger charge is 2.25. The lowest BCUT2D eigenvalue weighted by Gasteiger charge is -2.40. The van der Waals surface area contributed by atoms with E-state index in [4.69, 9.17) is 10.8 Å². The molecule has 3 N–H and O–H groups in total. The summed E-state index contributed by atoms with van der Waals surface area (Å²) in [5.74, 6) is 0. The first-order valence-electron chi connectivity index (χ1n) is 6.93. The third kappa shape index (κ3) is 2.85. The van der Waals surface area contributed by atoms with E-state index in [2.05, 4.69) is 30.0 Å². The fraction of sp³-hybridized carbons (Fsp3) is 0.600. The van der Waals surface area contributed by atoms with E-state index in [1.165, 1.54) is 36.1 Å². The van der Waals surface area contributed by atoms with Gasteiger partial charge in [-0.15, -0.1) is 0 Å². The van der Waals surface area contributed by atoms with E-state index in [-0.39, 0.29) is 6.61 Å². The first kappa shape index (κ1) is 13.4. The van der Waals surface area contributed by atoms with Gasteiger partial charge in [-0.1, -0.05) is 17.7 Å². The van der Waals surface area contributed by atoms with Gasteiger partial charge in [0.05, 0.1) is 0 Å². The molecule has 1 aliphatic carbocycles. The number of hydrogen-bond acceptors (Lipinski definition) is 3. The van der Waals surface area contributed by atoms with Crippen LogP contribution in [0.5, 0.6) is 0 Å². The van der Waals surface area contributed by atoms with Gasteiger partial charge in [0, 0.05) is 31.4 Å². The Morgan fingerprint density at radius 1 is 1.39 bits per heavy atom. The van der Waals surface area contributed by atoms with Gasteiger partial charge in [0.15, 0.2) is 0 Å². The van der Waals surface area contributed by atoms with E-state index in [0.717, 1.165) is 13.0 Å². The lowest BCUT2D eigenvalue weighted by Crippen LogP contribution is -2.41. The fourth-order valence-electron chi connectivity index (χ4n) is 2.60. The van der Waals surface area contributed by atoms with Crippen molar-refractivity contribution in [3.05, 3.63) is 29.3 Å². The summed E-state index contributed by atoms with van der Waals surface area (Å²) < 4.78 is 0. The van der Waals surface area contributed by atoms with Crippen molar-refractivity contribution in [3.63, 3.8) is 0 Å². The smallest absolute Gasteiger partial charge is 0.0447 e. The van der Waals surface area contributed by atoms with Crippen LogP contribution in [0.4, 0.5) is 5.69 Å². The maximum Gasteiger partial charge on any atom is 0.0447 e. The molecular formula is C15H24N2O. The summed E-state index contributed by atoms with van der Waals surface area (Å²) in [5.41, 5.74) is 9.62. The molecule has 2 rings (SSSR count). The van der Waals surface area contributed by atoms with Crippen LogP contribution in [0.3, 0.4) is 0 Å².